The number of aliphatic hydroxyl groups excluding tert-OH is 1. The highest BCUT2D eigenvalue weighted by atomic mass is 35.5. The third-order valence-corrected chi connectivity index (χ3v) is 6.82. The summed E-state index contributed by atoms with van der Waals surface area (Å²) in [5, 5.41) is 17.3. The number of H-pyrrole nitrogens is 1. The van der Waals surface area contributed by atoms with E-state index in [1.807, 2.05) is 43.3 Å². The van der Waals surface area contributed by atoms with Crippen molar-refractivity contribution in [3.63, 3.8) is 0 Å². The van der Waals surface area contributed by atoms with Crippen LogP contribution in [0.2, 0.25) is 5.02 Å². The van der Waals surface area contributed by atoms with Gasteiger partial charge in [-0.1, -0.05) is 29.8 Å². The lowest BCUT2D eigenvalue weighted by molar-refractivity contribution is -0.123. The number of aliphatic hydroxyl groups is 1. The summed E-state index contributed by atoms with van der Waals surface area (Å²) < 4.78 is 5.82. The zero-order chi connectivity index (χ0) is 24.9. The smallest absolute Gasteiger partial charge is 0.252 e. The number of aromatic nitrogens is 1. The molecule has 7 nitrogen and oxygen atoms in total. The molecule has 2 unspecified atom stereocenters. The van der Waals surface area contributed by atoms with Crippen molar-refractivity contribution >= 4 is 45.6 Å². The number of ketones is 1. The number of hydrogen-bond acceptors (Lipinski definition) is 5. The van der Waals surface area contributed by atoms with Gasteiger partial charge in [-0.25, -0.2) is 0 Å². The number of aromatic amines is 1. The van der Waals surface area contributed by atoms with Gasteiger partial charge in [-0.05, 0) is 56.7 Å². The molecule has 35 heavy (non-hydrogen) atoms. The molecule has 1 aliphatic heterocycles. The predicted molar refractivity (Wildman–Crippen MR) is 137 cm³/mol. The topological polar surface area (TPSA) is 103 Å². The van der Waals surface area contributed by atoms with Gasteiger partial charge >= 0.3 is 0 Å². The minimum Gasteiger partial charge on any atom is -0.457 e. The molecule has 1 aromatic heterocycles. The van der Waals surface area contributed by atoms with Gasteiger partial charge in [0.25, 0.3) is 5.91 Å². The van der Waals surface area contributed by atoms with E-state index >= 15 is 0 Å². The molecule has 0 aliphatic carbocycles. The number of rotatable bonds is 5. The van der Waals surface area contributed by atoms with Crippen molar-refractivity contribution in [2.24, 2.45) is 0 Å². The SMILES string of the molecule is Cc1cc2c(c3c(C(=O)c4ccc(Oc5ccccc5)cc4Cl)c[nH]c13)NC(C)(C(C)O)C(=O)N2. The van der Waals surface area contributed by atoms with Crippen molar-refractivity contribution in [1.29, 1.82) is 0 Å². The third kappa shape index (κ3) is 3.83. The fraction of sp³-hybridized carbons (Fsp3) is 0.185. The Morgan fingerprint density at radius 3 is 2.51 bits per heavy atom. The number of para-hydroxylation sites is 1. The van der Waals surface area contributed by atoms with E-state index < -0.39 is 11.6 Å². The highest BCUT2D eigenvalue weighted by Gasteiger charge is 2.43. The number of aryl methyl sites for hydroxylation is 1. The maximum absolute atomic E-state index is 13.7. The molecule has 4 aromatic rings. The first-order valence-electron chi connectivity index (χ1n) is 11.2. The van der Waals surface area contributed by atoms with Crippen LogP contribution >= 0.6 is 11.6 Å². The summed E-state index contributed by atoms with van der Waals surface area (Å²) in [5.41, 5.74) is 2.18. The summed E-state index contributed by atoms with van der Waals surface area (Å²) in [6.45, 7) is 5.06. The normalized spacial score (nSPS) is 17.9. The highest BCUT2D eigenvalue weighted by molar-refractivity contribution is 6.36. The van der Waals surface area contributed by atoms with Crippen LogP contribution in [0.1, 0.15) is 35.3 Å². The molecule has 2 heterocycles. The maximum Gasteiger partial charge on any atom is 0.252 e. The van der Waals surface area contributed by atoms with Gasteiger partial charge in [-0.2, -0.15) is 0 Å². The van der Waals surface area contributed by atoms with E-state index in [0.717, 1.165) is 11.1 Å². The molecule has 0 saturated carbocycles. The Morgan fingerprint density at radius 2 is 1.83 bits per heavy atom. The summed E-state index contributed by atoms with van der Waals surface area (Å²) in [6, 6.07) is 16.1. The number of hydrogen-bond donors (Lipinski definition) is 4. The molecule has 0 spiro atoms. The van der Waals surface area contributed by atoms with Gasteiger partial charge in [0.05, 0.1) is 33.6 Å². The van der Waals surface area contributed by atoms with Gasteiger partial charge in [0.1, 0.15) is 17.0 Å². The molecule has 0 saturated heterocycles. The van der Waals surface area contributed by atoms with Crippen LogP contribution in [-0.2, 0) is 4.79 Å². The Bertz CT molecular complexity index is 1480. The van der Waals surface area contributed by atoms with Crippen LogP contribution in [0.3, 0.4) is 0 Å². The van der Waals surface area contributed by atoms with Gasteiger partial charge in [-0.3, -0.25) is 9.59 Å². The Morgan fingerprint density at radius 1 is 1.09 bits per heavy atom. The number of anilines is 2. The molecule has 0 fully saturated rings. The van der Waals surface area contributed by atoms with Crippen molar-refractivity contribution in [2.45, 2.75) is 32.4 Å². The molecule has 1 amide bonds. The van der Waals surface area contributed by atoms with Gasteiger partial charge < -0.3 is 25.5 Å². The first-order valence-corrected chi connectivity index (χ1v) is 11.6. The molecule has 1 aliphatic rings. The number of carbonyl (C=O) groups is 2. The van der Waals surface area contributed by atoms with E-state index in [9.17, 15) is 14.7 Å². The van der Waals surface area contributed by atoms with Gasteiger partial charge in [0, 0.05) is 23.2 Å². The molecule has 0 bridgehead atoms. The number of amides is 1. The zero-order valence-corrected chi connectivity index (χ0v) is 20.2. The van der Waals surface area contributed by atoms with Crippen molar-refractivity contribution in [1.82, 2.24) is 4.98 Å². The monoisotopic (exact) mass is 489 g/mol. The van der Waals surface area contributed by atoms with Crippen LogP contribution in [0.4, 0.5) is 11.4 Å². The quantitative estimate of drug-likeness (QED) is 0.271. The predicted octanol–water partition coefficient (Wildman–Crippen LogP) is 5.66. The molecule has 4 N–H and O–H groups in total. The van der Waals surface area contributed by atoms with Crippen LogP contribution in [-0.4, -0.2) is 33.4 Å². The molecular formula is C27H24ClN3O4. The van der Waals surface area contributed by atoms with E-state index in [2.05, 4.69) is 15.6 Å². The summed E-state index contributed by atoms with van der Waals surface area (Å²) in [7, 11) is 0. The fourth-order valence-electron chi connectivity index (χ4n) is 4.27. The summed E-state index contributed by atoms with van der Waals surface area (Å²) in [4.78, 5) is 29.6. The average Bonchev–Trinajstić information content (AvgIpc) is 3.27. The molecule has 178 valence electrons. The molecule has 0 radical (unpaired) electrons. The zero-order valence-electron chi connectivity index (χ0n) is 19.4. The van der Waals surface area contributed by atoms with Crippen molar-refractivity contribution in [3.8, 4) is 11.5 Å². The number of nitrogens with one attached hydrogen (secondary N) is 3. The lowest BCUT2D eigenvalue weighted by Gasteiger charge is -2.38. The summed E-state index contributed by atoms with van der Waals surface area (Å²) >= 11 is 6.52. The Kier molecular flexibility index (Phi) is 5.54. The fourth-order valence-corrected chi connectivity index (χ4v) is 4.53. The molecule has 8 heteroatoms. The Hall–Kier alpha value is -3.81. The summed E-state index contributed by atoms with van der Waals surface area (Å²) in [6.07, 6.45) is 0.666. The maximum atomic E-state index is 13.7. The van der Waals surface area contributed by atoms with E-state index in [0.29, 0.717) is 39.4 Å². The molecule has 3 aromatic carbocycles. The van der Waals surface area contributed by atoms with Crippen molar-refractivity contribution in [2.75, 3.05) is 10.6 Å². The first kappa shape index (κ1) is 23.0. The number of carbonyl (C=O) groups excluding carboxylic acids is 2. The largest absolute Gasteiger partial charge is 0.457 e. The number of ether oxygens (including phenoxy) is 1. The van der Waals surface area contributed by atoms with E-state index in [-0.39, 0.29) is 16.7 Å². The standard InChI is InChI=1S/C27H24ClN3O4/c1-14-11-21-24(31-27(3,15(2)32)26(34)30-21)22-19(13-29-23(14)22)25(33)18-10-9-17(12-20(18)28)35-16-7-5-4-6-8-16/h4-13,15,29,31-32H,1-3H3,(H,30,34). The number of halogens is 1. The highest BCUT2D eigenvalue weighted by Crippen LogP contribution is 2.42. The van der Waals surface area contributed by atoms with Crippen LogP contribution < -0.4 is 15.4 Å². The second-order valence-electron chi connectivity index (χ2n) is 8.91. The lowest BCUT2D eigenvalue weighted by atomic mass is 9.89. The van der Waals surface area contributed by atoms with Crippen molar-refractivity contribution < 1.29 is 19.4 Å². The second-order valence-corrected chi connectivity index (χ2v) is 9.32. The first-order chi connectivity index (χ1) is 16.7. The second kappa shape index (κ2) is 8.45. The third-order valence-electron chi connectivity index (χ3n) is 6.50. The van der Waals surface area contributed by atoms with Crippen LogP contribution in [0.15, 0.2) is 60.8 Å². The molecule has 5 rings (SSSR count). The van der Waals surface area contributed by atoms with Crippen LogP contribution in [0.25, 0.3) is 10.9 Å². The van der Waals surface area contributed by atoms with E-state index in [1.54, 1.807) is 38.2 Å². The minimum absolute atomic E-state index is 0.259. The van der Waals surface area contributed by atoms with E-state index in [4.69, 9.17) is 16.3 Å². The number of fused-ring (bicyclic) bond motifs is 3. The summed E-state index contributed by atoms with van der Waals surface area (Å²) in [5.74, 6) is 0.551. The Labute approximate surface area is 207 Å². The average molecular weight is 490 g/mol. The van der Waals surface area contributed by atoms with E-state index in [1.165, 1.54) is 0 Å². The Balaban J connectivity index is 1.57. The number of benzene rings is 3. The van der Waals surface area contributed by atoms with Crippen LogP contribution in [0.5, 0.6) is 11.5 Å². The molecular weight excluding hydrogens is 466 g/mol. The lowest BCUT2D eigenvalue weighted by Crippen LogP contribution is -2.57. The van der Waals surface area contributed by atoms with Gasteiger partial charge in [0.15, 0.2) is 5.78 Å². The molecule has 2 atom stereocenters. The van der Waals surface area contributed by atoms with Gasteiger partial charge in [-0.15, -0.1) is 0 Å². The van der Waals surface area contributed by atoms with Crippen LogP contribution in [0, 0.1) is 6.92 Å². The van der Waals surface area contributed by atoms with Gasteiger partial charge in [0.2, 0.25) is 0 Å². The minimum atomic E-state index is -1.26. The van der Waals surface area contributed by atoms with Crippen molar-refractivity contribution in [3.05, 3.63) is 82.5 Å².